The zero-order valence-corrected chi connectivity index (χ0v) is 15.8. The summed E-state index contributed by atoms with van der Waals surface area (Å²) in [5.74, 6) is 0. The van der Waals surface area contributed by atoms with Gasteiger partial charge in [-0.05, 0) is 48.4 Å². The molecule has 0 aliphatic carbocycles. The SMILES string of the molecule is C[C@H](CCNC(=O)N(C)Cc1ccc2nonc2c1)N1CCN(C)CC1. The second-order valence-electron chi connectivity index (χ2n) is 7.15. The summed E-state index contributed by atoms with van der Waals surface area (Å²) in [6.07, 6.45) is 0.958. The zero-order chi connectivity index (χ0) is 18.5. The summed E-state index contributed by atoms with van der Waals surface area (Å²) in [5, 5.41) is 10.6. The topological polar surface area (TPSA) is 77.7 Å². The molecule has 1 saturated heterocycles. The van der Waals surface area contributed by atoms with Crippen LogP contribution in [-0.2, 0) is 6.54 Å². The summed E-state index contributed by atoms with van der Waals surface area (Å²) in [6, 6.07) is 6.10. The average Bonchev–Trinajstić information content (AvgIpc) is 3.09. The molecule has 1 aliphatic rings. The van der Waals surface area contributed by atoms with Crippen LogP contribution in [0.3, 0.4) is 0 Å². The van der Waals surface area contributed by atoms with E-state index < -0.39 is 0 Å². The van der Waals surface area contributed by atoms with Crippen LogP contribution in [0.2, 0.25) is 0 Å². The third kappa shape index (κ3) is 4.70. The summed E-state index contributed by atoms with van der Waals surface area (Å²) in [6.45, 7) is 7.87. The fourth-order valence-corrected chi connectivity index (χ4v) is 3.24. The van der Waals surface area contributed by atoms with Gasteiger partial charge in [0, 0.05) is 52.4 Å². The van der Waals surface area contributed by atoms with E-state index in [0.717, 1.165) is 43.7 Å². The highest BCUT2D eigenvalue weighted by molar-refractivity contribution is 5.75. The zero-order valence-electron chi connectivity index (χ0n) is 15.8. The first-order valence-electron chi connectivity index (χ1n) is 9.15. The lowest BCUT2D eigenvalue weighted by molar-refractivity contribution is 0.114. The number of hydrogen-bond donors (Lipinski definition) is 1. The van der Waals surface area contributed by atoms with Gasteiger partial charge in [0.15, 0.2) is 0 Å². The minimum Gasteiger partial charge on any atom is -0.338 e. The van der Waals surface area contributed by atoms with Gasteiger partial charge in [-0.3, -0.25) is 4.90 Å². The lowest BCUT2D eigenvalue weighted by Crippen LogP contribution is -2.49. The van der Waals surface area contributed by atoms with Gasteiger partial charge < -0.3 is 15.1 Å². The number of urea groups is 1. The Labute approximate surface area is 154 Å². The molecule has 0 radical (unpaired) electrons. The fraction of sp³-hybridized carbons (Fsp3) is 0.611. The molecule has 8 nitrogen and oxygen atoms in total. The molecule has 8 heteroatoms. The molecule has 1 aromatic heterocycles. The van der Waals surface area contributed by atoms with Crippen molar-refractivity contribution in [1.29, 1.82) is 0 Å². The first-order valence-corrected chi connectivity index (χ1v) is 9.15. The van der Waals surface area contributed by atoms with Crippen molar-refractivity contribution >= 4 is 17.1 Å². The number of nitrogens with zero attached hydrogens (tertiary/aromatic N) is 5. The Morgan fingerprint density at radius 1 is 1.27 bits per heavy atom. The highest BCUT2D eigenvalue weighted by atomic mass is 16.6. The largest absolute Gasteiger partial charge is 0.338 e. The molecule has 1 aromatic carbocycles. The quantitative estimate of drug-likeness (QED) is 0.839. The molecule has 0 saturated carbocycles. The van der Waals surface area contributed by atoms with Gasteiger partial charge in [0.1, 0.15) is 11.0 Å². The summed E-state index contributed by atoms with van der Waals surface area (Å²) in [7, 11) is 3.96. The number of likely N-dealkylation sites (N-methyl/N-ethyl adjacent to an activating group) is 1. The molecule has 0 unspecified atom stereocenters. The molecule has 2 aromatic rings. The van der Waals surface area contributed by atoms with E-state index in [9.17, 15) is 4.79 Å². The second-order valence-corrected chi connectivity index (χ2v) is 7.15. The fourth-order valence-electron chi connectivity index (χ4n) is 3.24. The number of amides is 2. The molecule has 1 aliphatic heterocycles. The van der Waals surface area contributed by atoms with Crippen LogP contribution in [0.15, 0.2) is 22.8 Å². The highest BCUT2D eigenvalue weighted by Gasteiger charge is 2.19. The normalized spacial score (nSPS) is 17.3. The van der Waals surface area contributed by atoms with E-state index in [2.05, 4.69) is 39.4 Å². The Hall–Kier alpha value is -2.19. The van der Waals surface area contributed by atoms with Crippen molar-refractivity contribution in [3.63, 3.8) is 0 Å². The lowest BCUT2D eigenvalue weighted by Gasteiger charge is -2.36. The van der Waals surface area contributed by atoms with E-state index in [-0.39, 0.29) is 6.03 Å². The van der Waals surface area contributed by atoms with Gasteiger partial charge in [-0.1, -0.05) is 6.07 Å². The van der Waals surface area contributed by atoms with Gasteiger partial charge in [0.2, 0.25) is 0 Å². The molecule has 2 heterocycles. The minimum atomic E-state index is -0.0612. The number of hydrogen-bond acceptors (Lipinski definition) is 6. The molecule has 26 heavy (non-hydrogen) atoms. The predicted molar refractivity (Wildman–Crippen MR) is 99.8 cm³/mol. The summed E-state index contributed by atoms with van der Waals surface area (Å²) >= 11 is 0. The molecule has 0 spiro atoms. The van der Waals surface area contributed by atoms with Crippen LogP contribution in [0.1, 0.15) is 18.9 Å². The first kappa shape index (κ1) is 18.6. The smallest absolute Gasteiger partial charge is 0.317 e. The molecule has 1 fully saturated rings. The Balaban J connectivity index is 1.41. The molecule has 1 atom stereocenters. The van der Waals surface area contributed by atoms with E-state index in [0.29, 0.717) is 24.6 Å². The van der Waals surface area contributed by atoms with Crippen LogP contribution in [0.5, 0.6) is 0 Å². The van der Waals surface area contributed by atoms with Gasteiger partial charge in [0.25, 0.3) is 0 Å². The van der Waals surface area contributed by atoms with E-state index in [1.165, 1.54) is 0 Å². The first-order chi connectivity index (χ1) is 12.5. The molecule has 3 rings (SSSR count). The van der Waals surface area contributed by atoms with Crippen molar-refractivity contribution in [3.8, 4) is 0 Å². The number of fused-ring (bicyclic) bond motifs is 1. The van der Waals surface area contributed by atoms with E-state index in [1.807, 2.05) is 18.2 Å². The second kappa shape index (κ2) is 8.46. The molecule has 0 bridgehead atoms. The molecule has 1 N–H and O–H groups in total. The van der Waals surface area contributed by atoms with E-state index in [4.69, 9.17) is 4.63 Å². The van der Waals surface area contributed by atoms with Crippen LogP contribution in [0.25, 0.3) is 11.0 Å². The predicted octanol–water partition coefficient (Wildman–Crippen LogP) is 1.39. The van der Waals surface area contributed by atoms with Crippen molar-refractivity contribution in [2.45, 2.75) is 25.9 Å². The van der Waals surface area contributed by atoms with Crippen LogP contribution >= 0.6 is 0 Å². The maximum atomic E-state index is 12.3. The number of nitrogens with one attached hydrogen (secondary N) is 1. The van der Waals surface area contributed by atoms with Crippen LogP contribution in [0.4, 0.5) is 4.79 Å². The number of rotatable bonds is 6. The van der Waals surface area contributed by atoms with Crippen molar-refractivity contribution in [3.05, 3.63) is 23.8 Å². The van der Waals surface area contributed by atoms with Gasteiger partial charge in [0.05, 0.1) is 0 Å². The average molecular weight is 360 g/mol. The monoisotopic (exact) mass is 360 g/mol. The maximum Gasteiger partial charge on any atom is 0.317 e. The number of carbonyl (C=O) groups excluding carboxylic acids is 1. The molecular weight excluding hydrogens is 332 g/mol. The minimum absolute atomic E-state index is 0.0612. The van der Waals surface area contributed by atoms with Gasteiger partial charge in [-0.25, -0.2) is 9.42 Å². The van der Waals surface area contributed by atoms with E-state index in [1.54, 1.807) is 11.9 Å². The van der Waals surface area contributed by atoms with Crippen LogP contribution in [-0.4, -0.2) is 83.9 Å². The van der Waals surface area contributed by atoms with Gasteiger partial charge in [-0.2, -0.15) is 0 Å². The van der Waals surface area contributed by atoms with Gasteiger partial charge >= 0.3 is 6.03 Å². The third-order valence-electron chi connectivity index (χ3n) is 5.08. The van der Waals surface area contributed by atoms with Crippen molar-refractivity contribution in [2.24, 2.45) is 0 Å². The molecule has 2 amide bonds. The lowest BCUT2D eigenvalue weighted by atomic mass is 10.1. The van der Waals surface area contributed by atoms with Gasteiger partial charge in [-0.15, -0.1) is 0 Å². The summed E-state index contributed by atoms with van der Waals surface area (Å²) in [5.41, 5.74) is 2.42. The number of aromatic nitrogens is 2. The van der Waals surface area contributed by atoms with Crippen molar-refractivity contribution in [2.75, 3.05) is 46.8 Å². The maximum absolute atomic E-state index is 12.3. The third-order valence-corrected chi connectivity index (χ3v) is 5.08. The summed E-state index contributed by atoms with van der Waals surface area (Å²) < 4.78 is 4.70. The Morgan fingerprint density at radius 2 is 2.00 bits per heavy atom. The Bertz CT molecular complexity index is 725. The van der Waals surface area contributed by atoms with Crippen LogP contribution < -0.4 is 5.32 Å². The Kier molecular flexibility index (Phi) is 6.05. The number of benzene rings is 1. The van der Waals surface area contributed by atoms with Crippen LogP contribution in [0, 0.1) is 0 Å². The summed E-state index contributed by atoms with van der Waals surface area (Å²) in [4.78, 5) is 18.8. The van der Waals surface area contributed by atoms with Crippen molar-refractivity contribution in [1.82, 2.24) is 30.3 Å². The molecular formula is C18H28N6O2. The number of piperazine rings is 1. The standard InChI is InChI=1S/C18H28N6O2/c1-14(24-10-8-22(2)9-11-24)6-7-19-18(25)23(3)13-15-4-5-16-17(12-15)21-26-20-16/h4-5,12,14H,6-11,13H2,1-3H3,(H,19,25)/t14-/m1/s1. The van der Waals surface area contributed by atoms with Crippen molar-refractivity contribution < 1.29 is 9.42 Å². The highest BCUT2D eigenvalue weighted by Crippen LogP contribution is 2.13. The number of carbonyl (C=O) groups is 1. The van der Waals surface area contributed by atoms with E-state index >= 15 is 0 Å². The molecule has 142 valence electrons. The Morgan fingerprint density at radius 3 is 2.77 bits per heavy atom.